The normalized spacial score (nSPS) is 11.3. The largest absolute Gasteiger partial charge is 0.444 e. The van der Waals surface area contributed by atoms with E-state index in [9.17, 15) is 23.2 Å². The summed E-state index contributed by atoms with van der Waals surface area (Å²) in [6, 6.07) is 9.63. The van der Waals surface area contributed by atoms with Gasteiger partial charge in [-0.3, -0.25) is 10.1 Å². The van der Waals surface area contributed by atoms with E-state index < -0.39 is 35.6 Å². The maximum Gasteiger partial charge on any atom is 0.339 e. The number of benzene rings is 2. The average molecular weight is 348 g/mol. The van der Waals surface area contributed by atoms with E-state index in [-0.39, 0.29) is 5.56 Å². The number of ether oxygens (including phenoxy) is 1. The first kappa shape index (κ1) is 18.1. The van der Waals surface area contributed by atoms with E-state index in [1.54, 1.807) is 18.2 Å². The van der Waals surface area contributed by atoms with Gasteiger partial charge in [0.1, 0.15) is 0 Å². The minimum absolute atomic E-state index is 0.271. The molecular weight excluding hydrogens is 334 g/mol. The van der Waals surface area contributed by atoms with Gasteiger partial charge in [-0.15, -0.1) is 0 Å². The molecule has 0 heterocycles. The molecule has 8 heteroatoms. The van der Waals surface area contributed by atoms with Crippen molar-refractivity contribution in [1.82, 2.24) is 10.6 Å². The molecule has 0 saturated carbocycles. The topological polar surface area (TPSA) is 84.5 Å². The molecule has 1 atom stereocenters. The smallest absolute Gasteiger partial charge is 0.339 e. The number of imide groups is 1. The predicted molar refractivity (Wildman–Crippen MR) is 83.6 cm³/mol. The number of rotatable bonds is 4. The van der Waals surface area contributed by atoms with Crippen LogP contribution in [0.5, 0.6) is 0 Å². The van der Waals surface area contributed by atoms with E-state index in [4.69, 9.17) is 4.74 Å². The van der Waals surface area contributed by atoms with Crippen LogP contribution < -0.4 is 10.6 Å². The standard InChI is InChI=1S/C17H14F2N2O4/c1-20-17(24)21-15(22)14(10-5-3-2-4-6-10)25-16(23)11-7-8-12(18)13(19)9-11/h2-9,14H,1H3,(H2,20,21,22,24)/t14-/m0/s1. The summed E-state index contributed by atoms with van der Waals surface area (Å²) in [6.45, 7) is 0. The van der Waals surface area contributed by atoms with Crippen molar-refractivity contribution in [2.75, 3.05) is 7.05 Å². The summed E-state index contributed by atoms with van der Waals surface area (Å²) in [7, 11) is 1.31. The zero-order valence-electron chi connectivity index (χ0n) is 13.1. The van der Waals surface area contributed by atoms with Crippen LogP contribution in [0.2, 0.25) is 0 Å². The highest BCUT2D eigenvalue weighted by molar-refractivity contribution is 5.99. The third-order valence-corrected chi connectivity index (χ3v) is 3.18. The summed E-state index contributed by atoms with van der Waals surface area (Å²) in [5.41, 5.74) is 0.0346. The summed E-state index contributed by atoms with van der Waals surface area (Å²) in [4.78, 5) is 35.7. The zero-order chi connectivity index (χ0) is 18.4. The maximum atomic E-state index is 13.3. The van der Waals surface area contributed by atoms with E-state index in [1.165, 1.54) is 19.2 Å². The summed E-state index contributed by atoms with van der Waals surface area (Å²) in [6.07, 6.45) is -1.45. The zero-order valence-corrected chi connectivity index (χ0v) is 13.1. The Balaban J connectivity index is 2.26. The summed E-state index contributed by atoms with van der Waals surface area (Å²) < 4.78 is 31.3. The van der Waals surface area contributed by atoms with Crippen LogP contribution in [0, 0.1) is 11.6 Å². The third kappa shape index (κ3) is 4.60. The number of hydrogen-bond acceptors (Lipinski definition) is 4. The van der Waals surface area contributed by atoms with Crippen molar-refractivity contribution in [3.05, 3.63) is 71.3 Å². The van der Waals surface area contributed by atoms with Crippen molar-refractivity contribution < 1.29 is 27.9 Å². The molecule has 6 nitrogen and oxygen atoms in total. The molecule has 3 amide bonds. The van der Waals surface area contributed by atoms with Crippen molar-refractivity contribution in [3.63, 3.8) is 0 Å². The maximum absolute atomic E-state index is 13.3. The van der Waals surface area contributed by atoms with Crippen molar-refractivity contribution in [2.24, 2.45) is 0 Å². The van der Waals surface area contributed by atoms with E-state index in [1.807, 2.05) is 5.32 Å². The second-order valence-electron chi connectivity index (χ2n) is 4.89. The molecule has 0 spiro atoms. The SMILES string of the molecule is CNC(=O)NC(=O)[C@@H](OC(=O)c1ccc(F)c(F)c1)c1ccccc1. The van der Waals surface area contributed by atoms with Gasteiger partial charge in [0, 0.05) is 12.6 Å². The third-order valence-electron chi connectivity index (χ3n) is 3.18. The first-order chi connectivity index (χ1) is 11.9. The van der Waals surface area contributed by atoms with Gasteiger partial charge >= 0.3 is 12.0 Å². The Morgan fingerprint density at radius 3 is 2.28 bits per heavy atom. The summed E-state index contributed by atoms with van der Waals surface area (Å²) in [5.74, 6) is -4.27. The highest BCUT2D eigenvalue weighted by Gasteiger charge is 2.27. The Morgan fingerprint density at radius 1 is 1.00 bits per heavy atom. The lowest BCUT2D eigenvalue weighted by Gasteiger charge is -2.17. The van der Waals surface area contributed by atoms with Crippen LogP contribution in [0.4, 0.5) is 13.6 Å². The Labute approximate surface area is 141 Å². The van der Waals surface area contributed by atoms with Crippen LogP contribution in [0.3, 0.4) is 0 Å². The molecule has 0 aromatic heterocycles. The van der Waals surface area contributed by atoms with E-state index in [0.717, 1.165) is 12.1 Å². The quantitative estimate of drug-likeness (QED) is 0.831. The second-order valence-corrected chi connectivity index (χ2v) is 4.89. The molecular formula is C17H14F2N2O4. The van der Waals surface area contributed by atoms with Gasteiger partial charge in [0.05, 0.1) is 5.56 Å². The lowest BCUT2D eigenvalue weighted by molar-refractivity contribution is -0.129. The Bertz CT molecular complexity index is 796. The highest BCUT2D eigenvalue weighted by atomic mass is 19.2. The number of carbonyl (C=O) groups is 3. The number of halogens is 2. The molecule has 0 radical (unpaired) electrons. The van der Waals surface area contributed by atoms with E-state index in [2.05, 4.69) is 5.32 Å². The lowest BCUT2D eigenvalue weighted by Crippen LogP contribution is -2.41. The van der Waals surface area contributed by atoms with Crippen LogP contribution >= 0.6 is 0 Å². The van der Waals surface area contributed by atoms with E-state index in [0.29, 0.717) is 11.6 Å². The van der Waals surface area contributed by atoms with Crippen molar-refractivity contribution in [1.29, 1.82) is 0 Å². The molecule has 0 aliphatic heterocycles. The van der Waals surface area contributed by atoms with Crippen LogP contribution in [-0.4, -0.2) is 25.0 Å². The molecule has 0 saturated heterocycles. The van der Waals surface area contributed by atoms with Gasteiger partial charge in [-0.1, -0.05) is 30.3 Å². The Morgan fingerprint density at radius 2 is 1.68 bits per heavy atom. The monoisotopic (exact) mass is 348 g/mol. The van der Waals surface area contributed by atoms with Gasteiger partial charge in [0.25, 0.3) is 5.91 Å². The average Bonchev–Trinajstić information content (AvgIpc) is 2.62. The van der Waals surface area contributed by atoms with Crippen molar-refractivity contribution in [2.45, 2.75) is 6.10 Å². The number of esters is 1. The van der Waals surface area contributed by atoms with Crippen LogP contribution in [0.1, 0.15) is 22.0 Å². The molecule has 0 aliphatic rings. The molecule has 0 fully saturated rings. The van der Waals surface area contributed by atoms with Gasteiger partial charge in [0.2, 0.25) is 6.10 Å². The fourth-order valence-electron chi connectivity index (χ4n) is 1.94. The Hall–Kier alpha value is -3.29. The fraction of sp³-hybridized carbons (Fsp3) is 0.118. The van der Waals surface area contributed by atoms with Gasteiger partial charge in [-0.25, -0.2) is 18.4 Å². The lowest BCUT2D eigenvalue weighted by atomic mass is 10.1. The van der Waals surface area contributed by atoms with Gasteiger partial charge in [-0.2, -0.15) is 0 Å². The molecule has 2 aromatic carbocycles. The Kier molecular flexibility index (Phi) is 5.78. The molecule has 0 aliphatic carbocycles. The van der Waals surface area contributed by atoms with Gasteiger partial charge in [0.15, 0.2) is 11.6 Å². The summed E-state index contributed by atoms with van der Waals surface area (Å²) in [5, 5.41) is 4.20. The van der Waals surface area contributed by atoms with E-state index >= 15 is 0 Å². The second kappa shape index (κ2) is 8.00. The number of hydrogen-bond donors (Lipinski definition) is 2. The number of amides is 3. The van der Waals surface area contributed by atoms with Crippen molar-refractivity contribution >= 4 is 17.9 Å². The number of nitrogens with one attached hydrogen (secondary N) is 2. The van der Waals surface area contributed by atoms with Gasteiger partial charge in [-0.05, 0) is 18.2 Å². The minimum Gasteiger partial charge on any atom is -0.444 e. The predicted octanol–water partition coefficient (Wildman–Crippen LogP) is 2.32. The first-order valence-corrected chi connectivity index (χ1v) is 7.16. The number of urea groups is 1. The molecule has 25 heavy (non-hydrogen) atoms. The molecule has 130 valence electrons. The molecule has 0 bridgehead atoms. The molecule has 2 N–H and O–H groups in total. The van der Waals surface area contributed by atoms with Gasteiger partial charge < -0.3 is 10.1 Å². The van der Waals surface area contributed by atoms with Crippen molar-refractivity contribution in [3.8, 4) is 0 Å². The minimum atomic E-state index is -1.45. The first-order valence-electron chi connectivity index (χ1n) is 7.16. The van der Waals surface area contributed by atoms with Crippen LogP contribution in [0.25, 0.3) is 0 Å². The van der Waals surface area contributed by atoms with Crippen LogP contribution in [-0.2, 0) is 9.53 Å². The van der Waals surface area contributed by atoms with Crippen LogP contribution in [0.15, 0.2) is 48.5 Å². The number of carbonyl (C=O) groups excluding carboxylic acids is 3. The summed E-state index contributed by atoms with van der Waals surface area (Å²) >= 11 is 0. The highest BCUT2D eigenvalue weighted by Crippen LogP contribution is 2.20. The fourth-order valence-corrected chi connectivity index (χ4v) is 1.94. The molecule has 2 rings (SSSR count). The molecule has 2 aromatic rings. The molecule has 0 unspecified atom stereocenters.